The number of carbonyl (C=O) groups excluding carboxylic acids is 3. The number of urea groups is 1. The zero-order valence-electron chi connectivity index (χ0n) is 29.1. The van der Waals surface area contributed by atoms with Crippen molar-refractivity contribution < 1.29 is 45.4 Å². The van der Waals surface area contributed by atoms with Gasteiger partial charge in [-0.1, -0.05) is 23.8 Å². The lowest BCUT2D eigenvalue weighted by Crippen LogP contribution is -2.58. The van der Waals surface area contributed by atoms with Crippen molar-refractivity contribution in [2.75, 3.05) is 27.3 Å². The lowest BCUT2D eigenvalue weighted by atomic mass is 10.1. The minimum atomic E-state index is -4.70. The summed E-state index contributed by atoms with van der Waals surface area (Å²) < 4.78 is 79.5. The van der Waals surface area contributed by atoms with Crippen molar-refractivity contribution in [2.24, 2.45) is 5.92 Å². The van der Waals surface area contributed by atoms with Crippen molar-refractivity contribution >= 4 is 50.4 Å². The first kappa shape index (κ1) is 38.2. The monoisotopic (exact) mass is 781 g/mol. The number of benzene rings is 1. The number of halogens is 4. The van der Waals surface area contributed by atoms with Crippen LogP contribution in [0.2, 0.25) is 5.02 Å². The molecule has 4 amide bonds. The number of fused-ring (bicyclic) bond motifs is 2. The molecule has 14 nitrogen and oxygen atoms in total. The van der Waals surface area contributed by atoms with E-state index >= 15 is 0 Å². The molecule has 3 heterocycles. The third kappa shape index (κ3) is 7.88. The molecule has 53 heavy (non-hydrogen) atoms. The molecule has 2 fully saturated rings. The summed E-state index contributed by atoms with van der Waals surface area (Å²) in [6.07, 6.45) is 3.01. The number of allylic oxidation sites excluding steroid dienone is 1. The van der Waals surface area contributed by atoms with Crippen LogP contribution in [0.25, 0.3) is 16.7 Å². The Hall–Kier alpha value is -4.58. The molecular formula is C34H39ClF3N7O7S. The highest BCUT2D eigenvalue weighted by atomic mass is 35.5. The van der Waals surface area contributed by atoms with E-state index in [1.165, 1.54) is 18.1 Å². The molecule has 19 heteroatoms. The van der Waals surface area contributed by atoms with Gasteiger partial charge < -0.3 is 25.0 Å². The number of amides is 4. The van der Waals surface area contributed by atoms with E-state index in [1.807, 2.05) is 6.08 Å². The summed E-state index contributed by atoms with van der Waals surface area (Å²) in [5.74, 6) is -1.74. The Kier molecular flexibility index (Phi) is 10.3. The maximum Gasteiger partial charge on any atom is 0.435 e. The summed E-state index contributed by atoms with van der Waals surface area (Å²) in [4.78, 5) is 46.6. The molecule has 286 valence electrons. The van der Waals surface area contributed by atoms with E-state index < -0.39 is 62.0 Å². The average Bonchev–Trinajstić information content (AvgIpc) is 3.96. The molecule has 3 aromatic rings. The van der Waals surface area contributed by atoms with E-state index in [4.69, 9.17) is 21.1 Å². The number of ether oxygens (including phenoxy) is 2. The van der Waals surface area contributed by atoms with E-state index in [0.29, 0.717) is 37.6 Å². The number of hydrogen-bond donors (Lipinski definition) is 3. The summed E-state index contributed by atoms with van der Waals surface area (Å²) in [6.45, 7) is 1.75. The minimum Gasteiger partial charge on any atom is -0.495 e. The first-order chi connectivity index (χ1) is 25.0. The lowest BCUT2D eigenvalue weighted by Gasteiger charge is -2.26. The molecule has 2 aromatic heterocycles. The highest BCUT2D eigenvalue weighted by Gasteiger charge is 2.62. The van der Waals surface area contributed by atoms with E-state index in [0.717, 1.165) is 23.4 Å². The van der Waals surface area contributed by atoms with Gasteiger partial charge in [0.2, 0.25) is 15.9 Å². The number of alkyl halides is 3. The van der Waals surface area contributed by atoms with E-state index in [9.17, 15) is 36.0 Å². The largest absolute Gasteiger partial charge is 0.495 e. The molecule has 1 aliphatic heterocycles. The first-order valence-electron chi connectivity index (χ1n) is 17.0. The number of hydrogen-bond acceptors (Lipinski definition) is 9. The molecular weight excluding hydrogens is 743 g/mol. The van der Waals surface area contributed by atoms with Gasteiger partial charge in [-0.2, -0.15) is 18.3 Å². The Morgan fingerprint density at radius 2 is 1.92 bits per heavy atom. The Morgan fingerprint density at radius 3 is 2.60 bits per heavy atom. The molecule has 3 aliphatic rings. The molecule has 1 aromatic carbocycles. The standard InChI is InChI=1S/C34H39ClF3N7O7S/c1-32(13-14-32)53(49,50)43-30(47)33-19-20(33)8-6-4-5-7-15-44(2)31(48)39-22(29(46)41-33)12-17-52-24-18-26(45-16-11-25(42-45)34(36,37)38)40-28-21(24)9-10-23(51-3)27(28)35/h6,8-11,16,18,20,22H,4-5,7,12-15,17,19H2,1-3H3,(H,39,48)(H,41,46)(H,43,47)/b8-6-/t20-,22+,33-/m1/s1. The van der Waals surface area contributed by atoms with Crippen molar-refractivity contribution in [1.29, 1.82) is 0 Å². The van der Waals surface area contributed by atoms with Crippen LogP contribution in [0, 0.1) is 5.92 Å². The number of carbonyl (C=O) groups is 3. The fourth-order valence-corrected chi connectivity index (χ4v) is 7.65. The van der Waals surface area contributed by atoms with Gasteiger partial charge in [0.05, 0.1) is 24.0 Å². The van der Waals surface area contributed by atoms with Crippen LogP contribution in [0.3, 0.4) is 0 Å². The second-order valence-corrected chi connectivity index (χ2v) is 16.3. The predicted octanol–water partition coefficient (Wildman–Crippen LogP) is 4.49. The maximum absolute atomic E-state index is 14.0. The third-order valence-corrected chi connectivity index (χ3v) is 12.4. The fraction of sp³-hybridized carbons (Fsp3) is 0.500. The van der Waals surface area contributed by atoms with Crippen LogP contribution >= 0.6 is 11.6 Å². The molecule has 0 bridgehead atoms. The van der Waals surface area contributed by atoms with Crippen LogP contribution in [0.1, 0.15) is 57.6 Å². The second-order valence-electron chi connectivity index (χ2n) is 13.7. The van der Waals surface area contributed by atoms with Gasteiger partial charge in [0.25, 0.3) is 5.91 Å². The molecule has 2 saturated carbocycles. The molecule has 0 saturated heterocycles. The minimum absolute atomic E-state index is 0.0559. The van der Waals surface area contributed by atoms with E-state index in [1.54, 1.807) is 32.2 Å². The van der Waals surface area contributed by atoms with Gasteiger partial charge in [0, 0.05) is 43.6 Å². The molecule has 0 spiro atoms. The van der Waals surface area contributed by atoms with Crippen molar-refractivity contribution in [2.45, 2.75) is 74.4 Å². The van der Waals surface area contributed by atoms with Crippen LogP contribution in [0.5, 0.6) is 11.5 Å². The highest BCUT2D eigenvalue weighted by molar-refractivity contribution is 7.91. The van der Waals surface area contributed by atoms with Crippen LogP contribution in [0.15, 0.2) is 42.6 Å². The zero-order valence-corrected chi connectivity index (χ0v) is 30.7. The Balaban J connectivity index is 1.28. The van der Waals surface area contributed by atoms with Crippen LogP contribution in [0.4, 0.5) is 18.0 Å². The topological polar surface area (TPSA) is 174 Å². The summed E-state index contributed by atoms with van der Waals surface area (Å²) in [5.41, 5.74) is -2.56. The Morgan fingerprint density at radius 1 is 1.17 bits per heavy atom. The zero-order chi connectivity index (χ0) is 38.3. The van der Waals surface area contributed by atoms with Gasteiger partial charge in [-0.05, 0) is 63.6 Å². The number of rotatable bonds is 9. The van der Waals surface area contributed by atoms with Crippen molar-refractivity contribution in [1.82, 2.24) is 35.0 Å². The van der Waals surface area contributed by atoms with Gasteiger partial charge in [-0.3, -0.25) is 14.3 Å². The molecule has 3 atom stereocenters. The number of sulfonamides is 1. The van der Waals surface area contributed by atoms with Gasteiger partial charge >= 0.3 is 12.2 Å². The smallest absolute Gasteiger partial charge is 0.435 e. The van der Waals surface area contributed by atoms with E-state index in [2.05, 4.69) is 25.4 Å². The number of pyridine rings is 1. The van der Waals surface area contributed by atoms with Crippen LogP contribution in [-0.4, -0.2) is 89.6 Å². The predicted molar refractivity (Wildman–Crippen MR) is 187 cm³/mol. The van der Waals surface area contributed by atoms with Gasteiger partial charge in [-0.15, -0.1) is 0 Å². The summed E-state index contributed by atoms with van der Waals surface area (Å²) in [5, 5.41) is 9.49. The maximum atomic E-state index is 14.0. The van der Waals surface area contributed by atoms with Crippen molar-refractivity contribution in [3.8, 4) is 17.3 Å². The first-order valence-corrected chi connectivity index (χ1v) is 18.8. The Labute approximate surface area is 308 Å². The average molecular weight is 782 g/mol. The van der Waals surface area contributed by atoms with Crippen molar-refractivity contribution in [3.63, 3.8) is 0 Å². The van der Waals surface area contributed by atoms with Crippen LogP contribution < -0.4 is 24.8 Å². The quantitative estimate of drug-likeness (QED) is 0.265. The molecule has 2 aliphatic carbocycles. The highest BCUT2D eigenvalue weighted by Crippen LogP contribution is 2.47. The second kappa shape index (κ2) is 14.3. The molecule has 0 radical (unpaired) electrons. The molecule has 0 unspecified atom stereocenters. The fourth-order valence-electron chi connectivity index (χ4n) is 6.05. The Bertz CT molecular complexity index is 2070. The lowest BCUT2D eigenvalue weighted by molar-refractivity contribution is -0.141. The summed E-state index contributed by atoms with van der Waals surface area (Å²) >= 11 is 6.56. The van der Waals surface area contributed by atoms with Gasteiger partial charge in [0.1, 0.15) is 28.1 Å². The summed E-state index contributed by atoms with van der Waals surface area (Å²) in [7, 11) is -1.04. The molecule has 6 rings (SSSR count). The molecule has 3 N–H and O–H groups in total. The van der Waals surface area contributed by atoms with Crippen LogP contribution in [-0.2, 0) is 25.8 Å². The number of methoxy groups -OCH3 is 1. The SMILES string of the molecule is COc1ccc2c(OCC[C@@H]3NC(=O)N(C)CCCC/C=C\[C@@H]4C[C@@]4(C(=O)NS(=O)(=O)C4(C)CC4)NC3=O)cc(-n3ccc(C(F)(F)F)n3)nc2c1Cl. The summed E-state index contributed by atoms with van der Waals surface area (Å²) in [6, 6.07) is 3.50. The third-order valence-electron chi connectivity index (χ3n) is 9.87. The van der Waals surface area contributed by atoms with Gasteiger partial charge in [-0.25, -0.2) is 22.9 Å². The normalized spacial score (nSPS) is 23.9. The van der Waals surface area contributed by atoms with E-state index in [-0.39, 0.29) is 47.3 Å². The number of aromatic nitrogens is 3. The number of nitrogens with zero attached hydrogens (tertiary/aromatic N) is 4. The van der Waals surface area contributed by atoms with Crippen molar-refractivity contribution in [3.05, 3.63) is 53.3 Å². The number of nitrogens with one attached hydrogen (secondary N) is 3. The van der Waals surface area contributed by atoms with Gasteiger partial charge in [0.15, 0.2) is 11.5 Å².